The Kier molecular flexibility index (Phi) is 4.32. The van der Waals surface area contributed by atoms with Crippen molar-refractivity contribution in [2.75, 3.05) is 12.4 Å². The van der Waals surface area contributed by atoms with Gasteiger partial charge in [-0.3, -0.25) is 4.79 Å². The molecule has 0 spiro atoms. The molecule has 0 aromatic heterocycles. The first-order chi connectivity index (χ1) is 9.61. The van der Waals surface area contributed by atoms with Gasteiger partial charge in [-0.05, 0) is 29.8 Å². The zero-order valence-corrected chi connectivity index (χ0v) is 10.8. The molecule has 0 fully saturated rings. The summed E-state index contributed by atoms with van der Waals surface area (Å²) in [4.78, 5) is 11.9. The predicted molar refractivity (Wildman–Crippen MR) is 73.0 cm³/mol. The van der Waals surface area contributed by atoms with Crippen molar-refractivity contribution in [2.24, 2.45) is 0 Å². The highest BCUT2D eigenvalue weighted by Gasteiger charge is 2.19. The number of nitrogens with one attached hydrogen (secondary N) is 1. The summed E-state index contributed by atoms with van der Waals surface area (Å²) >= 11 is 0. The lowest BCUT2D eigenvalue weighted by atomic mass is 10.1. The quantitative estimate of drug-likeness (QED) is 0.901. The molecular formula is C15H14FNO3. The van der Waals surface area contributed by atoms with Crippen LogP contribution in [0.3, 0.4) is 0 Å². The molecule has 5 heteroatoms. The largest absolute Gasteiger partial charge is 0.497 e. The third kappa shape index (κ3) is 3.13. The Morgan fingerprint density at radius 3 is 2.70 bits per heavy atom. The van der Waals surface area contributed by atoms with Gasteiger partial charge in [-0.2, -0.15) is 0 Å². The minimum Gasteiger partial charge on any atom is -0.497 e. The van der Waals surface area contributed by atoms with Crippen LogP contribution in [-0.2, 0) is 4.79 Å². The second-order valence-electron chi connectivity index (χ2n) is 4.15. The van der Waals surface area contributed by atoms with Crippen LogP contribution >= 0.6 is 0 Å². The average molecular weight is 275 g/mol. The van der Waals surface area contributed by atoms with E-state index >= 15 is 0 Å². The molecule has 0 aliphatic rings. The van der Waals surface area contributed by atoms with Crippen LogP contribution in [0.25, 0.3) is 0 Å². The van der Waals surface area contributed by atoms with Gasteiger partial charge in [0.1, 0.15) is 11.6 Å². The first-order valence-corrected chi connectivity index (χ1v) is 5.99. The third-order valence-electron chi connectivity index (χ3n) is 2.79. The predicted octanol–water partition coefficient (Wildman–Crippen LogP) is 2.51. The van der Waals surface area contributed by atoms with Gasteiger partial charge in [0.2, 0.25) is 0 Å². The van der Waals surface area contributed by atoms with Crippen molar-refractivity contribution >= 4 is 11.6 Å². The number of carbonyl (C=O) groups is 1. The molecule has 0 saturated heterocycles. The van der Waals surface area contributed by atoms with Crippen LogP contribution in [0.2, 0.25) is 0 Å². The summed E-state index contributed by atoms with van der Waals surface area (Å²) in [6.45, 7) is 0. The molecule has 2 aromatic carbocycles. The van der Waals surface area contributed by atoms with Crippen LogP contribution in [0.1, 0.15) is 11.7 Å². The van der Waals surface area contributed by atoms with Gasteiger partial charge in [-0.1, -0.05) is 24.3 Å². The fourth-order valence-corrected chi connectivity index (χ4v) is 1.73. The topological polar surface area (TPSA) is 58.6 Å². The second kappa shape index (κ2) is 6.16. The van der Waals surface area contributed by atoms with Gasteiger partial charge in [0.05, 0.1) is 12.8 Å². The Hall–Kier alpha value is -2.40. The number of aliphatic hydroxyl groups excluding tert-OH is 1. The fourth-order valence-electron chi connectivity index (χ4n) is 1.73. The average Bonchev–Trinajstić information content (AvgIpc) is 2.48. The van der Waals surface area contributed by atoms with Gasteiger partial charge >= 0.3 is 0 Å². The van der Waals surface area contributed by atoms with E-state index in [2.05, 4.69) is 5.32 Å². The van der Waals surface area contributed by atoms with Crippen LogP contribution in [0, 0.1) is 5.82 Å². The van der Waals surface area contributed by atoms with E-state index in [4.69, 9.17) is 4.74 Å². The van der Waals surface area contributed by atoms with Crippen molar-refractivity contribution in [2.45, 2.75) is 6.10 Å². The number of carbonyl (C=O) groups excluding carboxylic acids is 1. The summed E-state index contributed by atoms with van der Waals surface area (Å²) < 4.78 is 18.4. The van der Waals surface area contributed by atoms with E-state index in [1.807, 2.05) is 0 Å². The highest BCUT2D eigenvalue weighted by Crippen LogP contribution is 2.21. The Morgan fingerprint density at radius 2 is 2.00 bits per heavy atom. The maximum atomic E-state index is 13.4. The summed E-state index contributed by atoms with van der Waals surface area (Å²) in [5, 5.41) is 12.3. The van der Waals surface area contributed by atoms with E-state index in [9.17, 15) is 14.3 Å². The van der Waals surface area contributed by atoms with Crippen LogP contribution in [0.15, 0.2) is 48.5 Å². The van der Waals surface area contributed by atoms with Gasteiger partial charge in [0.15, 0.2) is 6.10 Å². The van der Waals surface area contributed by atoms with Gasteiger partial charge in [-0.25, -0.2) is 4.39 Å². The highest BCUT2D eigenvalue weighted by molar-refractivity contribution is 5.94. The normalized spacial score (nSPS) is 11.8. The summed E-state index contributed by atoms with van der Waals surface area (Å²) in [5.41, 5.74) is 0.401. The van der Waals surface area contributed by atoms with Crippen LogP contribution in [-0.4, -0.2) is 18.1 Å². The number of benzene rings is 2. The standard InChI is InChI=1S/C15H14FNO3/c1-20-11-6-4-5-10(9-11)14(18)15(19)17-13-8-3-2-7-12(13)16/h2-9,14,18H,1H3,(H,17,19). The van der Waals surface area contributed by atoms with E-state index in [-0.39, 0.29) is 5.69 Å². The molecule has 0 aliphatic carbocycles. The van der Waals surface area contributed by atoms with Crippen LogP contribution in [0.4, 0.5) is 10.1 Å². The molecule has 4 nitrogen and oxygen atoms in total. The van der Waals surface area contributed by atoms with E-state index in [1.54, 1.807) is 30.3 Å². The lowest BCUT2D eigenvalue weighted by Crippen LogP contribution is -2.21. The molecule has 2 aromatic rings. The molecule has 0 saturated carbocycles. The van der Waals surface area contributed by atoms with E-state index in [0.29, 0.717) is 11.3 Å². The molecule has 0 radical (unpaired) electrons. The molecule has 1 atom stereocenters. The SMILES string of the molecule is COc1cccc(C(O)C(=O)Nc2ccccc2F)c1. The molecule has 0 bridgehead atoms. The van der Waals surface area contributed by atoms with Crippen LogP contribution in [0.5, 0.6) is 5.75 Å². The first-order valence-electron chi connectivity index (χ1n) is 5.99. The zero-order chi connectivity index (χ0) is 14.5. The van der Waals surface area contributed by atoms with E-state index in [1.165, 1.54) is 25.3 Å². The maximum absolute atomic E-state index is 13.4. The highest BCUT2D eigenvalue weighted by atomic mass is 19.1. The number of hydrogen-bond acceptors (Lipinski definition) is 3. The summed E-state index contributed by atoms with van der Waals surface area (Å²) in [7, 11) is 1.49. The maximum Gasteiger partial charge on any atom is 0.257 e. The Balaban J connectivity index is 2.14. The lowest BCUT2D eigenvalue weighted by molar-refractivity contribution is -0.124. The number of methoxy groups -OCH3 is 1. The number of rotatable bonds is 4. The number of amides is 1. The zero-order valence-electron chi connectivity index (χ0n) is 10.8. The third-order valence-corrected chi connectivity index (χ3v) is 2.79. The molecule has 2 N–H and O–H groups in total. The van der Waals surface area contributed by atoms with Gasteiger partial charge in [-0.15, -0.1) is 0 Å². The van der Waals surface area contributed by atoms with Crippen LogP contribution < -0.4 is 10.1 Å². The van der Waals surface area contributed by atoms with Gasteiger partial charge in [0.25, 0.3) is 5.91 Å². The van der Waals surface area contributed by atoms with Crippen molar-refractivity contribution in [1.29, 1.82) is 0 Å². The molecule has 104 valence electrons. The molecule has 1 unspecified atom stereocenters. The number of anilines is 1. The Bertz CT molecular complexity index is 616. The smallest absolute Gasteiger partial charge is 0.257 e. The van der Waals surface area contributed by atoms with Crippen molar-refractivity contribution in [3.63, 3.8) is 0 Å². The monoisotopic (exact) mass is 275 g/mol. The molecule has 0 aliphatic heterocycles. The van der Waals surface area contributed by atoms with Gasteiger partial charge < -0.3 is 15.2 Å². The molecule has 2 rings (SSSR count). The number of halogens is 1. The molecule has 0 heterocycles. The molecular weight excluding hydrogens is 261 g/mol. The van der Waals surface area contributed by atoms with Crippen molar-refractivity contribution in [3.8, 4) is 5.75 Å². The van der Waals surface area contributed by atoms with E-state index in [0.717, 1.165) is 0 Å². The number of para-hydroxylation sites is 1. The van der Waals surface area contributed by atoms with Crippen molar-refractivity contribution in [1.82, 2.24) is 0 Å². The van der Waals surface area contributed by atoms with E-state index < -0.39 is 17.8 Å². The summed E-state index contributed by atoms with van der Waals surface area (Å²) in [5.74, 6) is -0.734. The van der Waals surface area contributed by atoms with Crippen molar-refractivity contribution < 1.29 is 19.0 Å². The fraction of sp³-hybridized carbons (Fsp3) is 0.133. The molecule has 20 heavy (non-hydrogen) atoms. The Morgan fingerprint density at radius 1 is 1.25 bits per heavy atom. The summed E-state index contributed by atoms with van der Waals surface area (Å²) in [6.07, 6.45) is -1.40. The Labute approximate surface area is 115 Å². The lowest BCUT2D eigenvalue weighted by Gasteiger charge is -2.13. The first kappa shape index (κ1) is 14.0. The van der Waals surface area contributed by atoms with Gasteiger partial charge in [0, 0.05) is 0 Å². The number of ether oxygens (including phenoxy) is 1. The van der Waals surface area contributed by atoms with Crippen molar-refractivity contribution in [3.05, 3.63) is 59.9 Å². The minimum absolute atomic E-state index is 0.0273. The number of aliphatic hydroxyl groups is 1. The summed E-state index contributed by atoms with van der Waals surface area (Å²) in [6, 6.07) is 12.3. The minimum atomic E-state index is -1.40. The number of hydrogen-bond donors (Lipinski definition) is 2. The second-order valence-corrected chi connectivity index (χ2v) is 4.15. The molecule has 1 amide bonds.